The molecule has 0 aromatic carbocycles. The Labute approximate surface area is 113 Å². The number of carbonyl (C=O) groups excluding carboxylic acids is 1. The van der Waals surface area contributed by atoms with E-state index in [1.807, 2.05) is 0 Å². The molecule has 18 heavy (non-hydrogen) atoms. The molecule has 0 bridgehead atoms. The van der Waals surface area contributed by atoms with Crippen LogP contribution in [0.2, 0.25) is 0 Å². The predicted molar refractivity (Wildman–Crippen MR) is 78.7 cm³/mol. The monoisotopic (exact) mass is 256 g/mol. The minimum Gasteiger partial charge on any atom is -0.356 e. The van der Waals surface area contributed by atoms with Crippen molar-refractivity contribution in [1.82, 2.24) is 10.2 Å². The summed E-state index contributed by atoms with van der Waals surface area (Å²) in [6.45, 7) is 12.7. The average molecular weight is 256 g/mol. The Kier molecular flexibility index (Phi) is 11.2. The second kappa shape index (κ2) is 11.5. The highest BCUT2D eigenvalue weighted by Crippen LogP contribution is 2.12. The zero-order valence-electron chi connectivity index (χ0n) is 12.8. The molecule has 1 unspecified atom stereocenters. The third-order valence-electron chi connectivity index (χ3n) is 3.61. The summed E-state index contributed by atoms with van der Waals surface area (Å²) in [6.07, 6.45) is 5.38. The summed E-state index contributed by atoms with van der Waals surface area (Å²) in [5.74, 6) is 0.476. The van der Waals surface area contributed by atoms with Crippen molar-refractivity contribution in [2.75, 3.05) is 26.2 Å². The zero-order valence-corrected chi connectivity index (χ0v) is 12.8. The van der Waals surface area contributed by atoms with Crippen molar-refractivity contribution in [3.05, 3.63) is 0 Å². The molecule has 0 spiro atoms. The van der Waals surface area contributed by atoms with Crippen LogP contribution in [0.15, 0.2) is 0 Å². The number of amides is 1. The number of nitrogens with one attached hydrogen (secondary N) is 1. The Morgan fingerprint density at radius 3 is 2.28 bits per heavy atom. The number of nitrogens with zero attached hydrogens (tertiary/aromatic N) is 1. The third-order valence-corrected chi connectivity index (χ3v) is 3.61. The Balaban J connectivity index is 3.73. The van der Waals surface area contributed by atoms with Gasteiger partial charge in [-0.25, -0.2) is 0 Å². The molecule has 0 aliphatic carbocycles. The van der Waals surface area contributed by atoms with E-state index in [1.165, 1.54) is 6.42 Å². The number of hydrogen-bond donors (Lipinski definition) is 1. The van der Waals surface area contributed by atoms with Crippen LogP contribution >= 0.6 is 0 Å². The summed E-state index contributed by atoms with van der Waals surface area (Å²) in [7, 11) is 0. The summed E-state index contributed by atoms with van der Waals surface area (Å²) in [5, 5.41) is 3.08. The second-order valence-electron chi connectivity index (χ2n) is 4.92. The largest absolute Gasteiger partial charge is 0.356 e. The second-order valence-corrected chi connectivity index (χ2v) is 4.92. The smallest absolute Gasteiger partial charge is 0.223 e. The van der Waals surface area contributed by atoms with Crippen LogP contribution < -0.4 is 5.32 Å². The first-order valence-electron chi connectivity index (χ1n) is 7.69. The molecule has 1 amide bonds. The minimum absolute atomic E-state index is 0.221. The Bertz CT molecular complexity index is 203. The fourth-order valence-corrected chi connectivity index (χ4v) is 2.17. The van der Waals surface area contributed by atoms with Crippen LogP contribution in [0.3, 0.4) is 0 Å². The van der Waals surface area contributed by atoms with Crippen LogP contribution in [0.4, 0.5) is 0 Å². The van der Waals surface area contributed by atoms with Gasteiger partial charge >= 0.3 is 0 Å². The maximum atomic E-state index is 11.9. The van der Waals surface area contributed by atoms with Gasteiger partial charge in [-0.3, -0.25) is 4.79 Å². The standard InChI is InChI=1S/C15H32N2O/c1-5-9-11-14(6-2)15(18)16-12-10-13-17(7-3)8-4/h14H,5-13H2,1-4H3,(H,16,18). The molecule has 0 fully saturated rings. The molecule has 0 saturated carbocycles. The molecule has 0 heterocycles. The van der Waals surface area contributed by atoms with Crippen LogP contribution in [0.25, 0.3) is 0 Å². The molecule has 1 atom stereocenters. The first-order valence-corrected chi connectivity index (χ1v) is 7.69. The van der Waals surface area contributed by atoms with Gasteiger partial charge in [-0.05, 0) is 38.9 Å². The third kappa shape index (κ3) is 7.70. The van der Waals surface area contributed by atoms with Crippen LogP contribution in [-0.4, -0.2) is 37.0 Å². The van der Waals surface area contributed by atoms with Crippen LogP contribution in [0.5, 0.6) is 0 Å². The van der Waals surface area contributed by atoms with Crippen molar-refractivity contribution < 1.29 is 4.79 Å². The van der Waals surface area contributed by atoms with E-state index in [4.69, 9.17) is 0 Å². The summed E-state index contributed by atoms with van der Waals surface area (Å²) in [4.78, 5) is 14.3. The molecule has 0 aliphatic rings. The van der Waals surface area contributed by atoms with Gasteiger partial charge in [0.2, 0.25) is 5.91 Å². The van der Waals surface area contributed by atoms with Crippen molar-refractivity contribution in [3.8, 4) is 0 Å². The van der Waals surface area contributed by atoms with E-state index in [-0.39, 0.29) is 11.8 Å². The van der Waals surface area contributed by atoms with Crippen molar-refractivity contribution in [2.24, 2.45) is 5.92 Å². The highest BCUT2D eigenvalue weighted by atomic mass is 16.1. The zero-order chi connectivity index (χ0) is 13.8. The first-order chi connectivity index (χ1) is 8.69. The fraction of sp³-hybridized carbons (Fsp3) is 0.933. The van der Waals surface area contributed by atoms with Crippen LogP contribution in [0, 0.1) is 5.92 Å². The lowest BCUT2D eigenvalue weighted by molar-refractivity contribution is -0.125. The molecular weight excluding hydrogens is 224 g/mol. The summed E-state index contributed by atoms with van der Waals surface area (Å²) in [5.41, 5.74) is 0. The molecule has 0 saturated heterocycles. The van der Waals surface area contributed by atoms with E-state index < -0.39 is 0 Å². The van der Waals surface area contributed by atoms with E-state index in [0.717, 1.165) is 51.9 Å². The first kappa shape index (κ1) is 17.4. The Morgan fingerprint density at radius 2 is 1.78 bits per heavy atom. The highest BCUT2D eigenvalue weighted by molar-refractivity contribution is 5.78. The SMILES string of the molecule is CCCCC(CC)C(=O)NCCCN(CC)CC. The Morgan fingerprint density at radius 1 is 1.11 bits per heavy atom. The molecule has 0 aliphatic heterocycles. The normalized spacial score (nSPS) is 12.7. The van der Waals surface area contributed by atoms with Crippen molar-refractivity contribution in [3.63, 3.8) is 0 Å². The molecule has 0 radical (unpaired) electrons. The van der Waals surface area contributed by atoms with Crippen LogP contribution in [-0.2, 0) is 4.79 Å². The Hall–Kier alpha value is -0.570. The topological polar surface area (TPSA) is 32.3 Å². The molecule has 3 heteroatoms. The molecule has 0 aromatic heterocycles. The maximum Gasteiger partial charge on any atom is 0.223 e. The summed E-state index contributed by atoms with van der Waals surface area (Å²) >= 11 is 0. The van der Waals surface area contributed by atoms with E-state index in [0.29, 0.717) is 0 Å². The number of unbranched alkanes of at least 4 members (excludes halogenated alkanes) is 1. The van der Waals surface area contributed by atoms with Gasteiger partial charge in [-0.1, -0.05) is 40.5 Å². The average Bonchev–Trinajstić information content (AvgIpc) is 2.40. The highest BCUT2D eigenvalue weighted by Gasteiger charge is 2.14. The van der Waals surface area contributed by atoms with Crippen LogP contribution in [0.1, 0.15) is 59.8 Å². The van der Waals surface area contributed by atoms with Gasteiger partial charge in [-0.2, -0.15) is 0 Å². The number of hydrogen-bond acceptors (Lipinski definition) is 2. The van der Waals surface area contributed by atoms with Crippen molar-refractivity contribution in [1.29, 1.82) is 0 Å². The molecule has 0 rings (SSSR count). The van der Waals surface area contributed by atoms with Gasteiger partial charge < -0.3 is 10.2 Å². The van der Waals surface area contributed by atoms with E-state index in [9.17, 15) is 4.79 Å². The number of carbonyl (C=O) groups is 1. The van der Waals surface area contributed by atoms with Gasteiger partial charge in [0.1, 0.15) is 0 Å². The van der Waals surface area contributed by atoms with Crippen molar-refractivity contribution >= 4 is 5.91 Å². The van der Waals surface area contributed by atoms with E-state index in [1.54, 1.807) is 0 Å². The van der Waals surface area contributed by atoms with E-state index >= 15 is 0 Å². The quantitative estimate of drug-likeness (QED) is 0.576. The maximum absolute atomic E-state index is 11.9. The van der Waals surface area contributed by atoms with Crippen molar-refractivity contribution in [2.45, 2.75) is 59.8 Å². The molecule has 108 valence electrons. The predicted octanol–water partition coefficient (Wildman–Crippen LogP) is 3.05. The molecular formula is C15H32N2O. The lowest BCUT2D eigenvalue weighted by Crippen LogP contribution is -2.33. The van der Waals surface area contributed by atoms with Gasteiger partial charge in [0, 0.05) is 12.5 Å². The van der Waals surface area contributed by atoms with Gasteiger partial charge in [0.05, 0.1) is 0 Å². The summed E-state index contributed by atoms with van der Waals surface area (Å²) < 4.78 is 0. The van der Waals surface area contributed by atoms with Gasteiger partial charge in [0.25, 0.3) is 0 Å². The number of rotatable bonds is 11. The molecule has 1 N–H and O–H groups in total. The fourth-order valence-electron chi connectivity index (χ4n) is 2.17. The lowest BCUT2D eigenvalue weighted by Gasteiger charge is -2.19. The summed E-state index contributed by atoms with van der Waals surface area (Å²) in [6, 6.07) is 0. The van der Waals surface area contributed by atoms with Gasteiger partial charge in [-0.15, -0.1) is 0 Å². The van der Waals surface area contributed by atoms with Gasteiger partial charge in [0.15, 0.2) is 0 Å². The van der Waals surface area contributed by atoms with E-state index in [2.05, 4.69) is 37.9 Å². The molecule has 3 nitrogen and oxygen atoms in total. The lowest BCUT2D eigenvalue weighted by atomic mass is 9.98. The molecule has 0 aromatic rings. The minimum atomic E-state index is 0.221.